The second kappa shape index (κ2) is 8.07. The third-order valence-electron chi connectivity index (χ3n) is 3.24. The topological polar surface area (TPSA) is 133 Å². The highest BCUT2D eigenvalue weighted by atomic mass is 31.2. The molecule has 5 N–H and O–H groups in total. The van der Waals surface area contributed by atoms with Crippen LogP contribution in [0.2, 0.25) is 0 Å². The van der Waals surface area contributed by atoms with E-state index in [1.807, 2.05) is 0 Å². The molecule has 0 spiro atoms. The van der Waals surface area contributed by atoms with Gasteiger partial charge < -0.3 is 25.5 Å². The highest BCUT2D eigenvalue weighted by Gasteiger charge is 2.35. The number of nitrogens with two attached hydrogens (primary N) is 1. The predicted octanol–water partition coefficient (Wildman–Crippen LogP) is -0.423. The maximum Gasteiger partial charge on any atom is 0.469 e. The van der Waals surface area contributed by atoms with Gasteiger partial charge in [0.1, 0.15) is 0 Å². The van der Waals surface area contributed by atoms with Crippen molar-refractivity contribution in [1.29, 1.82) is 0 Å². The van der Waals surface area contributed by atoms with E-state index in [2.05, 4.69) is 4.52 Å². The minimum absolute atomic E-state index is 0.127. The molecular weight excluding hydrogens is 287 g/mol. The Hall–Kier alpha value is -0.500. The van der Waals surface area contributed by atoms with Crippen LogP contribution < -0.4 is 5.73 Å². The number of amides is 1. The largest absolute Gasteiger partial charge is 0.469 e. The third-order valence-corrected chi connectivity index (χ3v) is 3.73. The number of hydrogen-bond acceptors (Lipinski definition) is 5. The van der Waals surface area contributed by atoms with Crippen molar-refractivity contribution in [3.05, 3.63) is 0 Å². The molecule has 2 atom stereocenters. The zero-order chi connectivity index (χ0) is 15.2. The number of β-amino-alcohol motifs (C(OH)–C–C–N with tert-alkyl or cyclic N) is 1. The van der Waals surface area contributed by atoms with Crippen LogP contribution in [0.3, 0.4) is 0 Å². The Kier molecular flexibility index (Phi) is 7.08. The average molecular weight is 310 g/mol. The van der Waals surface area contributed by atoms with E-state index in [0.29, 0.717) is 19.4 Å². The summed E-state index contributed by atoms with van der Waals surface area (Å²) >= 11 is 0. The Morgan fingerprint density at radius 1 is 1.35 bits per heavy atom. The van der Waals surface area contributed by atoms with Crippen molar-refractivity contribution >= 4 is 13.7 Å². The summed E-state index contributed by atoms with van der Waals surface area (Å²) in [5.41, 5.74) is 5.37. The first kappa shape index (κ1) is 17.6. The highest BCUT2D eigenvalue weighted by molar-refractivity contribution is 7.46. The second-order valence-electron chi connectivity index (χ2n) is 4.98. The Morgan fingerprint density at radius 3 is 2.65 bits per heavy atom. The molecule has 9 heteroatoms. The molecule has 1 saturated heterocycles. The van der Waals surface area contributed by atoms with E-state index in [-0.39, 0.29) is 25.5 Å². The van der Waals surface area contributed by atoms with E-state index in [1.165, 1.54) is 4.90 Å². The van der Waals surface area contributed by atoms with Crippen LogP contribution in [0.25, 0.3) is 0 Å². The number of nitrogens with zero attached hydrogens (tertiary/aromatic N) is 1. The fourth-order valence-corrected chi connectivity index (χ4v) is 2.65. The molecule has 0 aliphatic carbocycles. The van der Waals surface area contributed by atoms with Crippen LogP contribution in [0, 0.1) is 0 Å². The van der Waals surface area contributed by atoms with Crippen LogP contribution in [-0.2, 0) is 13.9 Å². The molecule has 2 unspecified atom stereocenters. The average Bonchev–Trinajstić information content (AvgIpc) is 2.72. The summed E-state index contributed by atoms with van der Waals surface area (Å²) in [6.45, 7) is 0.510. The minimum atomic E-state index is -4.56. The molecule has 0 aromatic rings. The summed E-state index contributed by atoms with van der Waals surface area (Å²) in [7, 11) is -4.56. The number of aliphatic hydroxyl groups excluding tert-OH is 1. The summed E-state index contributed by atoms with van der Waals surface area (Å²) in [6.07, 6.45) is 2.39. The van der Waals surface area contributed by atoms with Crippen LogP contribution in [0.5, 0.6) is 0 Å². The normalized spacial score (nSPS) is 23.3. The highest BCUT2D eigenvalue weighted by Crippen LogP contribution is 2.37. The van der Waals surface area contributed by atoms with E-state index in [1.54, 1.807) is 0 Å². The summed E-state index contributed by atoms with van der Waals surface area (Å²) in [5.74, 6) is -0.127. The van der Waals surface area contributed by atoms with E-state index in [4.69, 9.17) is 15.5 Å². The Bertz CT molecular complexity index is 361. The van der Waals surface area contributed by atoms with Gasteiger partial charge in [-0.25, -0.2) is 4.57 Å². The monoisotopic (exact) mass is 310 g/mol. The van der Waals surface area contributed by atoms with Crippen molar-refractivity contribution in [2.24, 2.45) is 5.73 Å². The van der Waals surface area contributed by atoms with Crippen LogP contribution >= 0.6 is 7.82 Å². The predicted molar refractivity (Wildman–Crippen MR) is 71.6 cm³/mol. The number of phosphoric ester groups is 1. The van der Waals surface area contributed by atoms with Crippen LogP contribution in [0.15, 0.2) is 0 Å². The van der Waals surface area contributed by atoms with Crippen LogP contribution in [-0.4, -0.2) is 57.5 Å². The number of aliphatic hydroxyl groups is 1. The van der Waals surface area contributed by atoms with E-state index in [9.17, 15) is 14.5 Å². The van der Waals surface area contributed by atoms with E-state index in [0.717, 1.165) is 12.8 Å². The molecule has 1 fully saturated rings. The maximum atomic E-state index is 12.0. The Morgan fingerprint density at radius 2 is 2.05 bits per heavy atom. The molecule has 1 aliphatic rings. The van der Waals surface area contributed by atoms with Gasteiger partial charge >= 0.3 is 7.82 Å². The SMILES string of the molecule is NCCCCCC(=O)N1CC(O)CC1COP(=O)(O)O. The van der Waals surface area contributed by atoms with Gasteiger partial charge in [-0.3, -0.25) is 9.32 Å². The van der Waals surface area contributed by atoms with Gasteiger partial charge in [0.15, 0.2) is 0 Å². The van der Waals surface area contributed by atoms with Gasteiger partial charge in [0.25, 0.3) is 0 Å². The summed E-state index contributed by atoms with van der Waals surface area (Å²) < 4.78 is 15.1. The van der Waals surface area contributed by atoms with Crippen molar-refractivity contribution in [3.63, 3.8) is 0 Å². The summed E-state index contributed by atoms with van der Waals surface area (Å²) in [5, 5.41) is 9.60. The first-order valence-corrected chi connectivity index (χ1v) is 8.24. The molecule has 1 heterocycles. The first-order valence-electron chi connectivity index (χ1n) is 6.71. The zero-order valence-corrected chi connectivity index (χ0v) is 12.2. The molecule has 0 aromatic carbocycles. The van der Waals surface area contributed by atoms with Crippen LogP contribution in [0.1, 0.15) is 32.1 Å². The summed E-state index contributed by atoms with van der Waals surface area (Å²) in [4.78, 5) is 30.8. The number of carbonyl (C=O) groups is 1. The van der Waals surface area contributed by atoms with Gasteiger partial charge in [-0.05, 0) is 25.8 Å². The Balaban J connectivity index is 2.44. The molecule has 0 bridgehead atoms. The number of phosphoric acid groups is 1. The number of unbranched alkanes of at least 4 members (excludes halogenated alkanes) is 2. The Labute approximate surface area is 118 Å². The fourth-order valence-electron chi connectivity index (χ4n) is 2.28. The van der Waals surface area contributed by atoms with Crippen LogP contribution in [0.4, 0.5) is 0 Å². The van der Waals surface area contributed by atoms with Gasteiger partial charge in [0.2, 0.25) is 5.91 Å². The van der Waals surface area contributed by atoms with Crippen molar-refractivity contribution in [2.45, 2.75) is 44.2 Å². The molecule has 0 aromatic heterocycles. The molecule has 1 rings (SSSR count). The van der Waals surface area contributed by atoms with E-state index < -0.39 is 20.0 Å². The van der Waals surface area contributed by atoms with E-state index >= 15 is 0 Å². The number of likely N-dealkylation sites (tertiary alicyclic amines) is 1. The standard InChI is InChI=1S/C11H23N2O6P/c12-5-3-1-2-4-11(15)13-7-10(14)6-9(13)8-19-20(16,17)18/h9-10,14H,1-8,12H2,(H2,16,17,18). The molecule has 1 aliphatic heterocycles. The van der Waals surface area contributed by atoms with Gasteiger partial charge in [-0.1, -0.05) is 6.42 Å². The van der Waals surface area contributed by atoms with Gasteiger partial charge in [-0.15, -0.1) is 0 Å². The van der Waals surface area contributed by atoms with Gasteiger partial charge in [0.05, 0.1) is 18.8 Å². The summed E-state index contributed by atoms with van der Waals surface area (Å²) in [6, 6.07) is -0.486. The van der Waals surface area contributed by atoms with Gasteiger partial charge in [-0.2, -0.15) is 0 Å². The lowest BCUT2D eigenvalue weighted by Gasteiger charge is -2.24. The van der Waals surface area contributed by atoms with Crippen molar-refractivity contribution < 1.29 is 28.8 Å². The molecule has 1 amide bonds. The minimum Gasteiger partial charge on any atom is -0.391 e. The quantitative estimate of drug-likeness (QED) is 0.353. The first-order chi connectivity index (χ1) is 9.33. The molecule has 20 heavy (non-hydrogen) atoms. The lowest BCUT2D eigenvalue weighted by molar-refractivity contribution is -0.133. The molecule has 8 nitrogen and oxygen atoms in total. The zero-order valence-electron chi connectivity index (χ0n) is 11.3. The molecule has 0 saturated carbocycles. The van der Waals surface area contributed by atoms with Gasteiger partial charge in [0, 0.05) is 13.0 Å². The number of rotatable bonds is 8. The van der Waals surface area contributed by atoms with Crippen molar-refractivity contribution in [1.82, 2.24) is 4.90 Å². The smallest absolute Gasteiger partial charge is 0.391 e. The van der Waals surface area contributed by atoms with Crippen molar-refractivity contribution in [2.75, 3.05) is 19.7 Å². The number of hydrogen-bond donors (Lipinski definition) is 4. The maximum absolute atomic E-state index is 12.0. The van der Waals surface area contributed by atoms with Crippen molar-refractivity contribution in [3.8, 4) is 0 Å². The third kappa shape index (κ3) is 6.30. The molecule has 118 valence electrons. The molecular formula is C11H23N2O6P. The second-order valence-corrected chi connectivity index (χ2v) is 6.21. The lowest BCUT2D eigenvalue weighted by Crippen LogP contribution is -2.38. The lowest BCUT2D eigenvalue weighted by atomic mass is 10.1. The number of carbonyl (C=O) groups excluding carboxylic acids is 1. The fraction of sp³-hybridized carbons (Fsp3) is 0.909. The molecule has 0 radical (unpaired) electrons.